The zero-order valence-corrected chi connectivity index (χ0v) is 11.5. The third-order valence-corrected chi connectivity index (χ3v) is 4.21. The second-order valence-corrected chi connectivity index (χ2v) is 6.37. The summed E-state index contributed by atoms with van der Waals surface area (Å²) in [7, 11) is 0. The lowest BCUT2D eigenvalue weighted by molar-refractivity contribution is 0.209. The molecule has 0 amide bonds. The van der Waals surface area contributed by atoms with Crippen LogP contribution in [0.5, 0.6) is 0 Å². The highest BCUT2D eigenvalue weighted by atomic mass is 15.3. The SMILES string of the molecule is CC1CC(C)CC(n2cnc(CNC3CC3)n2)C1. The maximum Gasteiger partial charge on any atom is 0.164 e. The number of aromatic nitrogens is 3. The Bertz CT molecular complexity index is 386. The van der Waals surface area contributed by atoms with Crippen molar-refractivity contribution in [3.05, 3.63) is 12.2 Å². The monoisotopic (exact) mass is 248 g/mol. The van der Waals surface area contributed by atoms with Crippen molar-refractivity contribution in [3.8, 4) is 0 Å². The Kier molecular flexibility index (Phi) is 3.37. The summed E-state index contributed by atoms with van der Waals surface area (Å²) in [6.07, 6.45) is 8.43. The van der Waals surface area contributed by atoms with Gasteiger partial charge in [0.05, 0.1) is 12.6 Å². The number of rotatable bonds is 4. The number of nitrogens with zero attached hydrogens (tertiary/aromatic N) is 3. The van der Waals surface area contributed by atoms with Crippen LogP contribution in [-0.4, -0.2) is 20.8 Å². The third-order valence-electron chi connectivity index (χ3n) is 4.21. The molecule has 2 fully saturated rings. The van der Waals surface area contributed by atoms with Gasteiger partial charge in [0, 0.05) is 6.04 Å². The fourth-order valence-corrected chi connectivity index (χ4v) is 3.21. The van der Waals surface area contributed by atoms with Gasteiger partial charge < -0.3 is 5.32 Å². The first kappa shape index (κ1) is 12.2. The Morgan fingerprint density at radius 1 is 1.22 bits per heavy atom. The van der Waals surface area contributed by atoms with Crippen LogP contribution in [0.15, 0.2) is 6.33 Å². The molecule has 0 aromatic carbocycles. The summed E-state index contributed by atoms with van der Waals surface area (Å²) in [5, 5.41) is 8.11. The molecule has 2 aliphatic rings. The highest BCUT2D eigenvalue weighted by Gasteiger charge is 2.26. The zero-order valence-electron chi connectivity index (χ0n) is 11.5. The molecule has 1 heterocycles. The topological polar surface area (TPSA) is 42.7 Å². The maximum absolute atomic E-state index is 4.65. The fourth-order valence-electron chi connectivity index (χ4n) is 3.21. The molecule has 1 aromatic heterocycles. The number of nitrogens with one attached hydrogen (secondary N) is 1. The molecule has 100 valence electrons. The van der Waals surface area contributed by atoms with Crippen molar-refractivity contribution in [1.82, 2.24) is 20.1 Å². The molecule has 2 saturated carbocycles. The van der Waals surface area contributed by atoms with Crippen molar-refractivity contribution in [2.24, 2.45) is 11.8 Å². The van der Waals surface area contributed by atoms with Crippen LogP contribution in [-0.2, 0) is 6.54 Å². The lowest BCUT2D eigenvalue weighted by atomic mass is 9.80. The van der Waals surface area contributed by atoms with Crippen molar-refractivity contribution < 1.29 is 0 Å². The summed E-state index contributed by atoms with van der Waals surface area (Å²) in [6.45, 7) is 5.54. The molecule has 2 atom stereocenters. The summed E-state index contributed by atoms with van der Waals surface area (Å²) < 4.78 is 2.11. The quantitative estimate of drug-likeness (QED) is 0.890. The Balaban J connectivity index is 1.60. The van der Waals surface area contributed by atoms with Crippen molar-refractivity contribution in [1.29, 1.82) is 0 Å². The molecule has 0 radical (unpaired) electrons. The Morgan fingerprint density at radius 2 is 1.94 bits per heavy atom. The summed E-state index contributed by atoms with van der Waals surface area (Å²) in [4.78, 5) is 4.43. The van der Waals surface area contributed by atoms with E-state index in [4.69, 9.17) is 0 Å². The van der Waals surface area contributed by atoms with Gasteiger partial charge in [-0.3, -0.25) is 0 Å². The largest absolute Gasteiger partial charge is 0.307 e. The molecular formula is C14H24N4. The molecule has 1 N–H and O–H groups in total. The van der Waals surface area contributed by atoms with E-state index in [-0.39, 0.29) is 0 Å². The van der Waals surface area contributed by atoms with Crippen LogP contribution in [0, 0.1) is 11.8 Å². The lowest BCUT2D eigenvalue weighted by Crippen LogP contribution is -2.23. The highest BCUT2D eigenvalue weighted by Crippen LogP contribution is 2.35. The van der Waals surface area contributed by atoms with Crippen LogP contribution in [0.1, 0.15) is 57.8 Å². The number of hydrogen-bond acceptors (Lipinski definition) is 3. The van der Waals surface area contributed by atoms with Crippen molar-refractivity contribution in [2.75, 3.05) is 0 Å². The van der Waals surface area contributed by atoms with Gasteiger partial charge in [-0.05, 0) is 43.9 Å². The van der Waals surface area contributed by atoms with Gasteiger partial charge >= 0.3 is 0 Å². The van der Waals surface area contributed by atoms with E-state index >= 15 is 0 Å². The normalized spacial score (nSPS) is 32.7. The van der Waals surface area contributed by atoms with E-state index in [9.17, 15) is 0 Å². The predicted molar refractivity (Wildman–Crippen MR) is 71.1 cm³/mol. The molecule has 3 rings (SSSR count). The van der Waals surface area contributed by atoms with Gasteiger partial charge in [0.25, 0.3) is 0 Å². The molecular weight excluding hydrogens is 224 g/mol. The fraction of sp³-hybridized carbons (Fsp3) is 0.857. The lowest BCUT2D eigenvalue weighted by Gasteiger charge is -2.31. The van der Waals surface area contributed by atoms with Gasteiger partial charge in [0.2, 0.25) is 0 Å². The van der Waals surface area contributed by atoms with E-state index in [1.807, 2.05) is 6.33 Å². The Hall–Kier alpha value is -0.900. The van der Waals surface area contributed by atoms with Gasteiger partial charge in [-0.2, -0.15) is 5.10 Å². The third kappa shape index (κ3) is 2.91. The molecule has 0 spiro atoms. The van der Waals surface area contributed by atoms with Crippen LogP contribution in [0.3, 0.4) is 0 Å². The summed E-state index contributed by atoms with van der Waals surface area (Å²) >= 11 is 0. The summed E-state index contributed by atoms with van der Waals surface area (Å²) in [5.41, 5.74) is 0. The minimum Gasteiger partial charge on any atom is -0.307 e. The summed E-state index contributed by atoms with van der Waals surface area (Å²) in [5.74, 6) is 2.58. The van der Waals surface area contributed by atoms with Crippen LogP contribution in [0.2, 0.25) is 0 Å². The van der Waals surface area contributed by atoms with Crippen molar-refractivity contribution in [2.45, 2.75) is 64.6 Å². The number of hydrogen-bond donors (Lipinski definition) is 1. The average molecular weight is 248 g/mol. The van der Waals surface area contributed by atoms with E-state index in [0.717, 1.165) is 30.2 Å². The van der Waals surface area contributed by atoms with Crippen molar-refractivity contribution >= 4 is 0 Å². The van der Waals surface area contributed by atoms with E-state index in [1.54, 1.807) is 0 Å². The van der Waals surface area contributed by atoms with Gasteiger partial charge in [-0.25, -0.2) is 9.67 Å². The molecule has 0 aliphatic heterocycles. The van der Waals surface area contributed by atoms with Gasteiger partial charge in [-0.1, -0.05) is 13.8 Å². The van der Waals surface area contributed by atoms with E-state index in [0.29, 0.717) is 6.04 Å². The minimum atomic E-state index is 0.561. The molecule has 4 nitrogen and oxygen atoms in total. The first-order chi connectivity index (χ1) is 8.70. The average Bonchev–Trinajstić information content (AvgIpc) is 3.02. The minimum absolute atomic E-state index is 0.561. The first-order valence-corrected chi connectivity index (χ1v) is 7.34. The molecule has 18 heavy (non-hydrogen) atoms. The Labute approximate surface area is 109 Å². The maximum atomic E-state index is 4.65. The van der Waals surface area contributed by atoms with Crippen LogP contribution < -0.4 is 5.32 Å². The molecule has 0 bridgehead atoms. The highest BCUT2D eigenvalue weighted by molar-refractivity contribution is 4.89. The smallest absolute Gasteiger partial charge is 0.164 e. The van der Waals surface area contributed by atoms with E-state index in [1.165, 1.54) is 32.1 Å². The van der Waals surface area contributed by atoms with Crippen LogP contribution in [0.25, 0.3) is 0 Å². The second kappa shape index (κ2) is 5.00. The molecule has 0 saturated heterocycles. The second-order valence-electron chi connectivity index (χ2n) is 6.37. The molecule has 2 unspecified atom stereocenters. The van der Waals surface area contributed by atoms with Crippen molar-refractivity contribution in [3.63, 3.8) is 0 Å². The van der Waals surface area contributed by atoms with Crippen LogP contribution in [0.4, 0.5) is 0 Å². The van der Waals surface area contributed by atoms with Crippen LogP contribution >= 0.6 is 0 Å². The standard InChI is InChI=1S/C14H24N4/c1-10-5-11(2)7-13(6-10)18-9-16-14(17-18)8-15-12-3-4-12/h9-13,15H,3-8H2,1-2H3. The molecule has 1 aromatic rings. The zero-order chi connectivity index (χ0) is 12.5. The van der Waals surface area contributed by atoms with E-state index in [2.05, 4.69) is 33.9 Å². The van der Waals surface area contributed by atoms with Gasteiger partial charge in [0.1, 0.15) is 6.33 Å². The Morgan fingerprint density at radius 3 is 2.61 bits per heavy atom. The van der Waals surface area contributed by atoms with Gasteiger partial charge in [-0.15, -0.1) is 0 Å². The summed E-state index contributed by atoms with van der Waals surface area (Å²) in [6, 6.07) is 1.29. The molecule has 2 aliphatic carbocycles. The molecule has 4 heteroatoms. The predicted octanol–water partition coefficient (Wildman–Crippen LogP) is 2.53. The first-order valence-electron chi connectivity index (χ1n) is 7.34. The van der Waals surface area contributed by atoms with E-state index < -0.39 is 0 Å². The van der Waals surface area contributed by atoms with Gasteiger partial charge in [0.15, 0.2) is 5.82 Å².